The van der Waals surface area contributed by atoms with Crippen molar-refractivity contribution in [1.82, 2.24) is 15.3 Å². The maximum absolute atomic E-state index is 12.2. The number of nitrogens with one attached hydrogen (secondary N) is 1. The van der Waals surface area contributed by atoms with Crippen LogP contribution in [0.1, 0.15) is 23.2 Å². The minimum absolute atomic E-state index is 0.0855. The standard InChI is InChI=1S/C12H16N4O2/c13-15-11(17)10-4-2-6-16(8-10)12(18)9-3-1-5-14-7-9/h1,3,5,7,10H,2,4,6,8,13H2,(H,15,17). The summed E-state index contributed by atoms with van der Waals surface area (Å²) in [6.07, 6.45) is 4.73. The summed E-state index contributed by atoms with van der Waals surface area (Å²) in [5.74, 6) is 4.61. The smallest absolute Gasteiger partial charge is 0.255 e. The van der Waals surface area contributed by atoms with Gasteiger partial charge in [-0.3, -0.25) is 20.0 Å². The number of amides is 2. The van der Waals surface area contributed by atoms with Crippen molar-refractivity contribution in [3.05, 3.63) is 30.1 Å². The lowest BCUT2D eigenvalue weighted by Crippen LogP contribution is -2.47. The van der Waals surface area contributed by atoms with E-state index in [1.54, 1.807) is 23.2 Å². The molecule has 1 unspecified atom stereocenters. The van der Waals surface area contributed by atoms with Crippen molar-refractivity contribution in [3.8, 4) is 0 Å². The number of piperidine rings is 1. The number of nitrogens with two attached hydrogens (primary N) is 1. The van der Waals surface area contributed by atoms with E-state index >= 15 is 0 Å². The second-order valence-corrected chi connectivity index (χ2v) is 4.34. The number of hydrogen-bond donors (Lipinski definition) is 2. The van der Waals surface area contributed by atoms with Crippen molar-refractivity contribution in [3.63, 3.8) is 0 Å². The monoisotopic (exact) mass is 248 g/mol. The highest BCUT2D eigenvalue weighted by atomic mass is 16.2. The van der Waals surface area contributed by atoms with Crippen molar-refractivity contribution < 1.29 is 9.59 Å². The maximum atomic E-state index is 12.2. The molecule has 1 fully saturated rings. The number of pyridine rings is 1. The minimum atomic E-state index is -0.218. The van der Waals surface area contributed by atoms with Gasteiger partial charge in [-0.1, -0.05) is 0 Å². The number of hydrazine groups is 1. The van der Waals surface area contributed by atoms with Crippen molar-refractivity contribution in [2.45, 2.75) is 12.8 Å². The second-order valence-electron chi connectivity index (χ2n) is 4.34. The molecule has 2 rings (SSSR count). The summed E-state index contributed by atoms with van der Waals surface area (Å²) in [5.41, 5.74) is 2.69. The Morgan fingerprint density at radius 3 is 3.00 bits per heavy atom. The van der Waals surface area contributed by atoms with Crippen LogP contribution in [0.15, 0.2) is 24.5 Å². The molecule has 1 saturated heterocycles. The van der Waals surface area contributed by atoms with Gasteiger partial charge < -0.3 is 4.90 Å². The van der Waals surface area contributed by atoms with Crippen LogP contribution in [0.2, 0.25) is 0 Å². The zero-order valence-corrected chi connectivity index (χ0v) is 10.0. The van der Waals surface area contributed by atoms with Gasteiger partial charge in [-0.15, -0.1) is 0 Å². The Labute approximate surface area is 105 Å². The van der Waals surface area contributed by atoms with E-state index in [0.29, 0.717) is 18.7 Å². The van der Waals surface area contributed by atoms with Gasteiger partial charge in [-0.05, 0) is 25.0 Å². The molecule has 3 N–H and O–H groups in total. The van der Waals surface area contributed by atoms with Gasteiger partial charge in [0.25, 0.3) is 5.91 Å². The van der Waals surface area contributed by atoms with E-state index in [-0.39, 0.29) is 17.7 Å². The number of hydrogen-bond acceptors (Lipinski definition) is 4. The van der Waals surface area contributed by atoms with E-state index in [9.17, 15) is 9.59 Å². The van der Waals surface area contributed by atoms with Crippen molar-refractivity contribution >= 4 is 11.8 Å². The fourth-order valence-electron chi connectivity index (χ4n) is 2.17. The summed E-state index contributed by atoms with van der Waals surface area (Å²) in [6.45, 7) is 1.08. The molecule has 1 aromatic heterocycles. The van der Waals surface area contributed by atoms with Gasteiger partial charge in [0.1, 0.15) is 0 Å². The van der Waals surface area contributed by atoms with Crippen LogP contribution in [0.3, 0.4) is 0 Å². The van der Waals surface area contributed by atoms with E-state index in [1.165, 1.54) is 6.20 Å². The largest absolute Gasteiger partial charge is 0.338 e. The first kappa shape index (κ1) is 12.5. The van der Waals surface area contributed by atoms with Crippen LogP contribution in [-0.2, 0) is 4.79 Å². The first-order valence-corrected chi connectivity index (χ1v) is 5.92. The highest BCUT2D eigenvalue weighted by molar-refractivity contribution is 5.94. The van der Waals surface area contributed by atoms with Gasteiger partial charge in [0, 0.05) is 25.5 Å². The highest BCUT2D eigenvalue weighted by Crippen LogP contribution is 2.18. The predicted molar refractivity (Wildman–Crippen MR) is 65.2 cm³/mol. The van der Waals surface area contributed by atoms with Crippen LogP contribution in [0.5, 0.6) is 0 Å². The van der Waals surface area contributed by atoms with E-state index in [0.717, 1.165) is 12.8 Å². The van der Waals surface area contributed by atoms with Gasteiger partial charge in [0.15, 0.2) is 0 Å². The molecule has 96 valence electrons. The Bertz CT molecular complexity index is 435. The average Bonchev–Trinajstić information content (AvgIpc) is 2.46. The van der Waals surface area contributed by atoms with Gasteiger partial charge in [-0.25, -0.2) is 5.84 Å². The third-order valence-electron chi connectivity index (χ3n) is 3.13. The topological polar surface area (TPSA) is 88.3 Å². The molecule has 18 heavy (non-hydrogen) atoms. The van der Waals surface area contributed by atoms with Crippen molar-refractivity contribution in [2.75, 3.05) is 13.1 Å². The minimum Gasteiger partial charge on any atom is -0.338 e. The molecule has 0 aliphatic carbocycles. The molecule has 1 aromatic rings. The molecule has 0 bridgehead atoms. The molecule has 1 aliphatic rings. The van der Waals surface area contributed by atoms with E-state index in [1.807, 2.05) is 0 Å². The second kappa shape index (κ2) is 5.59. The van der Waals surface area contributed by atoms with Crippen molar-refractivity contribution in [1.29, 1.82) is 0 Å². The molecular weight excluding hydrogens is 232 g/mol. The van der Waals surface area contributed by atoms with E-state index in [2.05, 4.69) is 10.4 Å². The van der Waals surface area contributed by atoms with Crippen LogP contribution < -0.4 is 11.3 Å². The normalized spacial score (nSPS) is 19.4. The summed E-state index contributed by atoms with van der Waals surface area (Å²) in [5, 5.41) is 0. The summed E-state index contributed by atoms with van der Waals surface area (Å²) in [7, 11) is 0. The quantitative estimate of drug-likeness (QED) is 0.435. The molecule has 1 atom stereocenters. The molecule has 0 spiro atoms. The number of aromatic nitrogens is 1. The third-order valence-corrected chi connectivity index (χ3v) is 3.13. The third kappa shape index (κ3) is 2.65. The number of carbonyl (C=O) groups excluding carboxylic acids is 2. The van der Waals surface area contributed by atoms with Gasteiger partial charge >= 0.3 is 0 Å². The molecule has 1 aliphatic heterocycles. The molecule has 6 nitrogen and oxygen atoms in total. The lowest BCUT2D eigenvalue weighted by Gasteiger charge is -2.31. The molecule has 0 radical (unpaired) electrons. The van der Waals surface area contributed by atoms with E-state index < -0.39 is 0 Å². The first-order valence-electron chi connectivity index (χ1n) is 5.92. The SMILES string of the molecule is NNC(=O)C1CCCN(C(=O)c2cccnc2)C1. The fourth-order valence-corrected chi connectivity index (χ4v) is 2.17. The van der Waals surface area contributed by atoms with Gasteiger partial charge in [-0.2, -0.15) is 0 Å². The Morgan fingerprint density at radius 1 is 1.50 bits per heavy atom. The summed E-state index contributed by atoms with van der Waals surface area (Å²) < 4.78 is 0. The highest BCUT2D eigenvalue weighted by Gasteiger charge is 2.28. The van der Waals surface area contributed by atoms with E-state index in [4.69, 9.17) is 5.84 Å². The average molecular weight is 248 g/mol. The molecule has 0 aromatic carbocycles. The Balaban J connectivity index is 2.05. The van der Waals surface area contributed by atoms with Gasteiger partial charge in [0.2, 0.25) is 5.91 Å². The number of nitrogens with zero attached hydrogens (tertiary/aromatic N) is 2. The lowest BCUT2D eigenvalue weighted by molar-refractivity contribution is -0.126. The number of carbonyl (C=O) groups is 2. The first-order chi connectivity index (χ1) is 8.72. The maximum Gasteiger partial charge on any atom is 0.255 e. The molecular formula is C12H16N4O2. The zero-order valence-electron chi connectivity index (χ0n) is 10.0. The summed E-state index contributed by atoms with van der Waals surface area (Å²) in [6, 6.07) is 3.45. The van der Waals surface area contributed by atoms with Crippen LogP contribution in [0, 0.1) is 5.92 Å². The van der Waals surface area contributed by atoms with Crippen molar-refractivity contribution in [2.24, 2.45) is 11.8 Å². The van der Waals surface area contributed by atoms with Gasteiger partial charge in [0.05, 0.1) is 11.5 Å². The Morgan fingerprint density at radius 2 is 2.33 bits per heavy atom. The zero-order chi connectivity index (χ0) is 13.0. The Kier molecular flexibility index (Phi) is 3.88. The number of rotatable bonds is 2. The number of likely N-dealkylation sites (tertiary alicyclic amines) is 1. The fraction of sp³-hybridized carbons (Fsp3) is 0.417. The molecule has 2 heterocycles. The molecule has 2 amide bonds. The summed E-state index contributed by atoms with van der Waals surface area (Å²) in [4.78, 5) is 29.3. The van der Waals surface area contributed by atoms with Crippen LogP contribution in [-0.4, -0.2) is 34.8 Å². The van der Waals surface area contributed by atoms with Crippen LogP contribution in [0.25, 0.3) is 0 Å². The predicted octanol–water partition coefficient (Wildman–Crippen LogP) is -0.0763. The lowest BCUT2D eigenvalue weighted by atomic mass is 9.97. The molecule has 0 saturated carbocycles. The van der Waals surface area contributed by atoms with Crippen LogP contribution in [0.4, 0.5) is 0 Å². The summed E-state index contributed by atoms with van der Waals surface area (Å²) >= 11 is 0. The Hall–Kier alpha value is -1.95. The molecule has 6 heteroatoms. The van der Waals surface area contributed by atoms with Crippen LogP contribution >= 0.6 is 0 Å².